The van der Waals surface area contributed by atoms with Crippen molar-refractivity contribution in [3.8, 4) is 0 Å². The van der Waals surface area contributed by atoms with Gasteiger partial charge in [-0.05, 0) is 42.0 Å². The van der Waals surface area contributed by atoms with Crippen molar-refractivity contribution in [2.24, 2.45) is 5.10 Å². The summed E-state index contributed by atoms with van der Waals surface area (Å²) in [6, 6.07) is 18.0. The van der Waals surface area contributed by atoms with E-state index in [0.717, 1.165) is 6.07 Å². The van der Waals surface area contributed by atoms with Crippen molar-refractivity contribution in [3.63, 3.8) is 0 Å². The molecule has 0 unspecified atom stereocenters. The first-order valence-electron chi connectivity index (χ1n) is 9.18. The van der Waals surface area contributed by atoms with Crippen LogP contribution in [0, 0.1) is 15.9 Å². The predicted octanol–water partition coefficient (Wildman–Crippen LogP) is 3.08. The SMILES string of the molecule is O=C(CN(c1ccccc1F)S(=O)(=O)c1ccccc1)N/N=C\c1ccc([N+](=O)[O-])cc1. The first kappa shape index (κ1) is 22.6. The van der Waals surface area contributed by atoms with Crippen LogP contribution < -0.4 is 9.73 Å². The summed E-state index contributed by atoms with van der Waals surface area (Å²) in [4.78, 5) is 22.4. The van der Waals surface area contributed by atoms with Crippen LogP contribution in [0.4, 0.5) is 15.8 Å². The van der Waals surface area contributed by atoms with E-state index in [2.05, 4.69) is 10.5 Å². The normalized spacial score (nSPS) is 11.3. The quantitative estimate of drug-likeness (QED) is 0.317. The highest BCUT2D eigenvalue weighted by Gasteiger charge is 2.28. The molecule has 0 heterocycles. The minimum Gasteiger partial charge on any atom is -0.271 e. The average Bonchev–Trinajstić information content (AvgIpc) is 2.79. The Bertz CT molecular complexity index is 1250. The lowest BCUT2D eigenvalue weighted by atomic mass is 10.2. The average molecular weight is 456 g/mol. The molecule has 0 spiro atoms. The van der Waals surface area contributed by atoms with E-state index in [1.54, 1.807) is 6.07 Å². The van der Waals surface area contributed by atoms with E-state index in [1.165, 1.54) is 72.9 Å². The molecule has 9 nitrogen and oxygen atoms in total. The number of nitro groups is 1. The number of nitrogens with one attached hydrogen (secondary N) is 1. The maximum atomic E-state index is 14.4. The number of hydrogen-bond acceptors (Lipinski definition) is 6. The summed E-state index contributed by atoms with van der Waals surface area (Å²) in [5.41, 5.74) is 2.27. The molecule has 0 atom stereocenters. The molecule has 1 N–H and O–H groups in total. The molecule has 3 rings (SSSR count). The minimum atomic E-state index is -4.25. The number of amides is 1. The molecule has 0 saturated carbocycles. The molecule has 0 aliphatic carbocycles. The minimum absolute atomic E-state index is 0.0992. The molecule has 0 saturated heterocycles. The fourth-order valence-corrected chi connectivity index (χ4v) is 4.15. The Morgan fingerprint density at radius 3 is 2.28 bits per heavy atom. The number of hydrogen-bond donors (Lipinski definition) is 1. The summed E-state index contributed by atoms with van der Waals surface area (Å²) < 4.78 is 41.2. The lowest BCUT2D eigenvalue weighted by molar-refractivity contribution is -0.384. The van der Waals surface area contributed by atoms with Crippen LogP contribution in [0.15, 0.2) is 88.9 Å². The van der Waals surface area contributed by atoms with Gasteiger partial charge in [-0.1, -0.05) is 30.3 Å². The first-order chi connectivity index (χ1) is 15.3. The van der Waals surface area contributed by atoms with E-state index in [0.29, 0.717) is 9.87 Å². The van der Waals surface area contributed by atoms with Crippen LogP contribution >= 0.6 is 0 Å². The number of anilines is 1. The van der Waals surface area contributed by atoms with Crippen LogP contribution in [0.25, 0.3) is 0 Å². The molecule has 1 amide bonds. The number of sulfonamides is 1. The highest BCUT2D eigenvalue weighted by Crippen LogP contribution is 2.25. The number of rotatable bonds is 8. The molecule has 0 radical (unpaired) electrons. The molecular weight excluding hydrogens is 439 g/mol. The van der Waals surface area contributed by atoms with Crippen molar-refractivity contribution < 1.29 is 22.5 Å². The van der Waals surface area contributed by atoms with Gasteiger partial charge in [0.2, 0.25) is 0 Å². The van der Waals surface area contributed by atoms with Crippen molar-refractivity contribution in [2.75, 3.05) is 10.8 Å². The lowest BCUT2D eigenvalue weighted by Crippen LogP contribution is -2.40. The van der Waals surface area contributed by atoms with Crippen molar-refractivity contribution in [2.45, 2.75) is 4.90 Å². The maximum Gasteiger partial charge on any atom is 0.269 e. The number of carbonyl (C=O) groups is 1. The summed E-state index contributed by atoms with van der Waals surface area (Å²) in [5, 5.41) is 14.4. The van der Waals surface area contributed by atoms with Crippen LogP contribution in [-0.4, -0.2) is 32.0 Å². The van der Waals surface area contributed by atoms with Gasteiger partial charge in [0, 0.05) is 12.1 Å². The molecule has 3 aromatic rings. The highest BCUT2D eigenvalue weighted by molar-refractivity contribution is 7.92. The molecule has 0 aliphatic heterocycles. The number of nitro benzene ring substituents is 1. The van der Waals surface area contributed by atoms with Gasteiger partial charge in [0.15, 0.2) is 0 Å². The summed E-state index contributed by atoms with van der Waals surface area (Å²) >= 11 is 0. The van der Waals surface area contributed by atoms with E-state index in [1.807, 2.05) is 0 Å². The van der Waals surface area contributed by atoms with Crippen molar-refractivity contribution in [3.05, 3.63) is 100 Å². The van der Waals surface area contributed by atoms with Gasteiger partial charge >= 0.3 is 0 Å². The Morgan fingerprint density at radius 1 is 1.03 bits per heavy atom. The number of nitrogens with zero attached hydrogens (tertiary/aromatic N) is 3. The third kappa shape index (κ3) is 5.32. The number of non-ortho nitro benzene ring substituents is 1. The first-order valence-corrected chi connectivity index (χ1v) is 10.6. The van der Waals surface area contributed by atoms with Crippen LogP contribution in [0.5, 0.6) is 0 Å². The maximum absolute atomic E-state index is 14.4. The van der Waals surface area contributed by atoms with Crippen molar-refractivity contribution >= 4 is 33.5 Å². The number of hydrazone groups is 1. The molecule has 32 heavy (non-hydrogen) atoms. The zero-order chi connectivity index (χ0) is 23.1. The van der Waals surface area contributed by atoms with Gasteiger partial charge < -0.3 is 0 Å². The summed E-state index contributed by atoms with van der Waals surface area (Å²) in [5.74, 6) is -1.62. The number of halogens is 1. The second-order valence-electron chi connectivity index (χ2n) is 6.42. The van der Waals surface area contributed by atoms with Gasteiger partial charge in [0.25, 0.3) is 21.6 Å². The largest absolute Gasteiger partial charge is 0.271 e. The topological polar surface area (TPSA) is 122 Å². The second kappa shape index (κ2) is 9.79. The van der Waals surface area contributed by atoms with Crippen molar-refractivity contribution in [1.82, 2.24) is 5.43 Å². The predicted molar refractivity (Wildman–Crippen MR) is 116 cm³/mol. The van der Waals surface area contributed by atoms with E-state index in [9.17, 15) is 27.7 Å². The molecule has 0 fully saturated rings. The van der Waals surface area contributed by atoms with E-state index in [-0.39, 0.29) is 16.3 Å². The number of para-hydroxylation sites is 1. The molecule has 3 aromatic carbocycles. The highest BCUT2D eigenvalue weighted by atomic mass is 32.2. The summed E-state index contributed by atoms with van der Waals surface area (Å²) in [6.07, 6.45) is 1.24. The Labute approximate surface area is 183 Å². The number of benzene rings is 3. The molecule has 11 heteroatoms. The zero-order valence-corrected chi connectivity index (χ0v) is 17.3. The Balaban J connectivity index is 1.80. The molecule has 0 aromatic heterocycles. The molecule has 0 aliphatic rings. The standard InChI is InChI=1S/C21H17FN4O5S/c22-19-8-4-5-9-20(19)25(32(30,31)18-6-2-1-3-7-18)15-21(27)24-23-14-16-10-12-17(13-11-16)26(28)29/h1-14H,15H2,(H,24,27)/b23-14-. The van der Waals surface area contributed by atoms with E-state index < -0.39 is 33.2 Å². The fourth-order valence-electron chi connectivity index (χ4n) is 2.70. The second-order valence-corrected chi connectivity index (χ2v) is 8.28. The van der Waals surface area contributed by atoms with Gasteiger partial charge in [0.1, 0.15) is 12.4 Å². The Hall–Kier alpha value is -4.12. The van der Waals surface area contributed by atoms with Gasteiger partial charge in [-0.15, -0.1) is 0 Å². The van der Waals surface area contributed by atoms with Crippen LogP contribution in [-0.2, 0) is 14.8 Å². The summed E-state index contributed by atoms with van der Waals surface area (Å²) in [7, 11) is -4.25. The third-order valence-electron chi connectivity index (χ3n) is 4.25. The van der Waals surface area contributed by atoms with Gasteiger partial charge in [-0.25, -0.2) is 18.2 Å². The fraction of sp³-hybridized carbons (Fsp3) is 0.0476. The summed E-state index contributed by atoms with van der Waals surface area (Å²) in [6.45, 7) is -0.726. The van der Waals surface area contributed by atoms with E-state index >= 15 is 0 Å². The smallest absolute Gasteiger partial charge is 0.269 e. The molecule has 0 bridgehead atoms. The Morgan fingerprint density at radius 2 is 1.66 bits per heavy atom. The zero-order valence-electron chi connectivity index (χ0n) is 16.5. The van der Waals surface area contributed by atoms with Gasteiger partial charge in [-0.3, -0.25) is 19.2 Å². The monoisotopic (exact) mass is 456 g/mol. The van der Waals surface area contributed by atoms with Crippen LogP contribution in [0.1, 0.15) is 5.56 Å². The lowest BCUT2D eigenvalue weighted by Gasteiger charge is -2.24. The third-order valence-corrected chi connectivity index (χ3v) is 6.02. The van der Waals surface area contributed by atoms with Crippen molar-refractivity contribution in [1.29, 1.82) is 0 Å². The Kier molecular flexibility index (Phi) is 6.90. The van der Waals surface area contributed by atoms with Crippen LogP contribution in [0.3, 0.4) is 0 Å². The van der Waals surface area contributed by atoms with Gasteiger partial charge in [-0.2, -0.15) is 5.10 Å². The van der Waals surface area contributed by atoms with Crippen LogP contribution in [0.2, 0.25) is 0 Å². The van der Waals surface area contributed by atoms with E-state index in [4.69, 9.17) is 0 Å². The molecular formula is C21H17FN4O5S. The number of carbonyl (C=O) groups excluding carboxylic acids is 1. The molecule has 164 valence electrons. The van der Waals surface area contributed by atoms with Gasteiger partial charge in [0.05, 0.1) is 21.7 Å².